The van der Waals surface area contributed by atoms with Gasteiger partial charge in [0.05, 0.1) is 33.2 Å². The first-order chi connectivity index (χ1) is 36.3. The van der Waals surface area contributed by atoms with Crippen molar-refractivity contribution in [1.82, 2.24) is 61.6 Å². The maximum Gasteiger partial charge on any atom is 0.315 e. The lowest BCUT2D eigenvalue weighted by Gasteiger charge is -2.18. The molecule has 75 heavy (non-hydrogen) atoms. The van der Waals surface area contributed by atoms with Crippen molar-refractivity contribution < 1.29 is 9.59 Å². The number of halogens is 4. The Labute approximate surface area is 451 Å². The fourth-order valence-electron chi connectivity index (χ4n) is 8.59. The molecule has 2 atom stereocenters. The molecule has 0 aliphatic heterocycles. The highest BCUT2D eigenvalue weighted by Crippen LogP contribution is 2.34. The van der Waals surface area contributed by atoms with Gasteiger partial charge in [-0.1, -0.05) is 156 Å². The van der Waals surface area contributed by atoms with E-state index in [1.54, 1.807) is 12.1 Å². The van der Waals surface area contributed by atoms with E-state index < -0.39 is 18.1 Å². The number of nitrogens with one attached hydrogen (secondary N) is 8. The average Bonchev–Trinajstić information content (AvgIpc) is 4.21. The molecule has 0 saturated carbocycles. The molecule has 0 saturated heterocycles. The normalized spacial score (nSPS) is 12.0. The van der Waals surface area contributed by atoms with Crippen molar-refractivity contribution in [1.29, 1.82) is 0 Å². The fourth-order valence-corrected chi connectivity index (χ4v) is 9.50. The lowest BCUT2D eigenvalue weighted by Crippen LogP contribution is -2.39. The predicted octanol–water partition coefficient (Wildman–Crippen LogP) is 11.7. The summed E-state index contributed by atoms with van der Waals surface area (Å²) in [5.74, 6) is 1.09. The maximum atomic E-state index is 13.0. The Morgan fingerprint density at radius 3 is 1.56 bits per heavy atom. The number of benzene rings is 6. The molecule has 6 aromatic carbocycles. The third kappa shape index (κ3) is 12.6. The molecule has 4 aromatic heterocycles. The van der Waals surface area contributed by atoms with Crippen LogP contribution in [0.1, 0.15) is 62.9 Å². The second-order valence-electron chi connectivity index (χ2n) is 17.8. The summed E-state index contributed by atoms with van der Waals surface area (Å²) in [5, 5.41) is 30.0. The van der Waals surface area contributed by atoms with E-state index in [0.29, 0.717) is 80.6 Å². The Hall–Kier alpha value is -7.86. The van der Waals surface area contributed by atoms with Gasteiger partial charge in [-0.25, -0.2) is 19.6 Å². The molecular weight excluding hydrogens is 1030 g/mol. The molecule has 10 aromatic rings. The number of urea groups is 2. The number of aromatic amines is 4. The van der Waals surface area contributed by atoms with E-state index in [0.717, 1.165) is 66.6 Å². The molecule has 4 amide bonds. The zero-order valence-corrected chi connectivity index (χ0v) is 43.7. The molecule has 0 bridgehead atoms. The zero-order chi connectivity index (χ0) is 52.6. The number of hydrogen-bond acceptors (Lipinski definition) is 8. The summed E-state index contributed by atoms with van der Waals surface area (Å²) in [6.45, 7) is 4.88. The minimum Gasteiger partial charge on any atom is -0.398 e. The number of rotatable bonds is 15. The van der Waals surface area contributed by atoms with Gasteiger partial charge in [0.25, 0.3) is 0 Å². The van der Waals surface area contributed by atoms with Gasteiger partial charge in [0, 0.05) is 64.2 Å². The molecule has 0 aliphatic rings. The standard InChI is InChI=1S/C28H28ClN7O.C27H24Cl3N7O/c1-17-22-11-10-21(14-23(22)36-35-17)25-26(29)34-27(33-25)24(13-18-6-3-2-4-7-18)32-28(37)31-16-20-9-5-8-19(12-20)15-30;1-14-17-8-7-16(12-21(17)37-36-14)24-25(30)35-26(34-24)22(11-15-5-3-2-4-6-15)33-27(38)32-13-18-20(31)10-9-19(28)23(18)29/h2-12,14,24H,13,15-16,30H2,1H3,(H,33,34)(H,35,36)(H2,31,32,37);2-10,12,22H,11,13,31H2,1H3,(H,34,35)(H,36,37)(H2,32,33,38)/t24-;22-/m00/s1. The molecule has 0 radical (unpaired) electrons. The van der Waals surface area contributed by atoms with E-state index in [1.165, 1.54) is 0 Å². The Morgan fingerprint density at radius 2 is 1.05 bits per heavy atom. The Balaban J connectivity index is 0.000000184. The van der Waals surface area contributed by atoms with Crippen molar-refractivity contribution in [3.63, 3.8) is 0 Å². The highest BCUT2D eigenvalue weighted by Gasteiger charge is 2.24. The van der Waals surface area contributed by atoms with Crippen molar-refractivity contribution >= 4 is 86.0 Å². The van der Waals surface area contributed by atoms with E-state index >= 15 is 0 Å². The molecule has 20 heteroatoms. The second-order valence-corrected chi connectivity index (χ2v) is 19.4. The molecular formula is C55H52Cl4N14O2. The van der Waals surface area contributed by atoms with Gasteiger partial charge in [0.15, 0.2) is 0 Å². The minimum atomic E-state index is -0.507. The Bertz CT molecular complexity index is 3610. The minimum absolute atomic E-state index is 0.0996. The van der Waals surface area contributed by atoms with Gasteiger partial charge in [-0.3, -0.25) is 10.2 Å². The molecule has 16 nitrogen and oxygen atoms in total. The van der Waals surface area contributed by atoms with Crippen LogP contribution in [0, 0.1) is 13.8 Å². The molecule has 4 heterocycles. The number of nitrogen functional groups attached to an aromatic ring is 1. The van der Waals surface area contributed by atoms with Gasteiger partial charge in [0.1, 0.15) is 33.3 Å². The maximum absolute atomic E-state index is 13.0. The summed E-state index contributed by atoms with van der Waals surface area (Å²) in [6, 6.07) is 40.9. The smallest absolute Gasteiger partial charge is 0.315 e. The van der Waals surface area contributed by atoms with Gasteiger partial charge in [-0.05, 0) is 73.2 Å². The SMILES string of the molecule is Cc1[nH]nc2cc(-c3nc([C@H](Cc4ccccc4)NC(=O)NCc4c(N)ccc(Cl)c4Cl)[nH]c3Cl)ccc12.Cc1[nH]nc2cc(-c3nc([C@H](Cc4ccccc4)NC(=O)NCc4cccc(CN)c4)[nH]c3Cl)ccc12. The summed E-state index contributed by atoms with van der Waals surface area (Å²) < 4.78 is 0. The molecule has 0 aliphatic carbocycles. The van der Waals surface area contributed by atoms with Crippen LogP contribution >= 0.6 is 46.4 Å². The largest absolute Gasteiger partial charge is 0.398 e. The predicted molar refractivity (Wildman–Crippen MR) is 299 cm³/mol. The summed E-state index contributed by atoms with van der Waals surface area (Å²) in [4.78, 5) is 41.8. The molecule has 0 unspecified atom stereocenters. The number of anilines is 1. The third-order valence-corrected chi connectivity index (χ3v) is 14.0. The quantitative estimate of drug-likeness (QED) is 0.0441. The van der Waals surface area contributed by atoms with Crippen LogP contribution in [0.3, 0.4) is 0 Å². The van der Waals surface area contributed by atoms with Crippen LogP contribution in [-0.4, -0.2) is 52.4 Å². The number of aryl methyl sites for hydroxylation is 2. The number of hydrogen-bond donors (Lipinski definition) is 10. The second kappa shape index (κ2) is 23.6. The summed E-state index contributed by atoms with van der Waals surface area (Å²) >= 11 is 25.6. The van der Waals surface area contributed by atoms with Crippen LogP contribution in [0.2, 0.25) is 20.4 Å². The lowest BCUT2D eigenvalue weighted by atomic mass is 10.1. The van der Waals surface area contributed by atoms with E-state index in [2.05, 4.69) is 51.6 Å². The number of carbonyl (C=O) groups excluding carboxylic acids is 2. The fraction of sp³-hybridized carbons (Fsp3) is 0.164. The molecule has 10 rings (SSSR count). The Morgan fingerprint density at radius 1 is 0.573 bits per heavy atom. The van der Waals surface area contributed by atoms with Crippen LogP contribution in [0.5, 0.6) is 0 Å². The first kappa shape index (κ1) is 52.0. The summed E-state index contributed by atoms with van der Waals surface area (Å²) in [6.07, 6.45) is 1.02. The number of imidazole rings is 2. The molecule has 0 fully saturated rings. The summed E-state index contributed by atoms with van der Waals surface area (Å²) in [5.41, 5.74) is 23.3. The monoisotopic (exact) mass is 1080 g/mol. The van der Waals surface area contributed by atoms with Crippen LogP contribution in [0.15, 0.2) is 133 Å². The van der Waals surface area contributed by atoms with Gasteiger partial charge >= 0.3 is 12.1 Å². The molecule has 382 valence electrons. The van der Waals surface area contributed by atoms with E-state index in [-0.39, 0.29) is 12.6 Å². The third-order valence-electron chi connectivity index (χ3n) is 12.6. The van der Waals surface area contributed by atoms with Crippen molar-refractivity contribution in [2.24, 2.45) is 5.73 Å². The zero-order valence-electron chi connectivity index (χ0n) is 40.7. The number of nitrogens with two attached hydrogens (primary N) is 2. The van der Waals surface area contributed by atoms with Crippen LogP contribution in [-0.2, 0) is 32.5 Å². The number of carbonyl (C=O) groups is 2. The number of amides is 4. The van der Waals surface area contributed by atoms with Crippen molar-refractivity contribution in [2.45, 2.75) is 58.4 Å². The van der Waals surface area contributed by atoms with Crippen molar-refractivity contribution in [3.05, 3.63) is 205 Å². The van der Waals surface area contributed by atoms with Crippen LogP contribution in [0.4, 0.5) is 15.3 Å². The first-order valence-corrected chi connectivity index (χ1v) is 25.4. The number of nitrogens with zero attached hydrogens (tertiary/aromatic N) is 4. The lowest BCUT2D eigenvalue weighted by molar-refractivity contribution is 0.235. The van der Waals surface area contributed by atoms with Gasteiger partial charge in [-0.15, -0.1) is 0 Å². The number of aromatic nitrogens is 8. The molecule has 0 spiro atoms. The van der Waals surface area contributed by atoms with Crippen LogP contribution in [0.25, 0.3) is 44.3 Å². The van der Waals surface area contributed by atoms with Gasteiger partial charge in [-0.2, -0.15) is 10.2 Å². The van der Waals surface area contributed by atoms with Gasteiger partial charge in [0.2, 0.25) is 0 Å². The van der Waals surface area contributed by atoms with Crippen molar-refractivity contribution in [2.75, 3.05) is 5.73 Å². The average molecular weight is 1080 g/mol. The topological polar surface area (TPSA) is 249 Å². The van der Waals surface area contributed by atoms with Crippen molar-refractivity contribution in [3.8, 4) is 22.5 Å². The van der Waals surface area contributed by atoms with Gasteiger partial charge < -0.3 is 42.7 Å². The first-order valence-electron chi connectivity index (χ1n) is 23.9. The van der Waals surface area contributed by atoms with Crippen LogP contribution < -0.4 is 32.7 Å². The van der Waals surface area contributed by atoms with E-state index in [1.807, 2.05) is 135 Å². The number of fused-ring (bicyclic) bond motifs is 2. The Kier molecular flexibility index (Phi) is 16.3. The van der Waals surface area contributed by atoms with E-state index in [4.69, 9.17) is 67.8 Å². The summed E-state index contributed by atoms with van der Waals surface area (Å²) in [7, 11) is 0. The molecule has 12 N–H and O–H groups in total. The van der Waals surface area contributed by atoms with E-state index in [9.17, 15) is 9.59 Å². The number of H-pyrrole nitrogens is 4. The highest BCUT2D eigenvalue weighted by molar-refractivity contribution is 6.42. The highest BCUT2D eigenvalue weighted by atomic mass is 35.5.